The van der Waals surface area contributed by atoms with Crippen molar-refractivity contribution in [3.8, 4) is 11.6 Å². The number of amides is 1. The van der Waals surface area contributed by atoms with Crippen molar-refractivity contribution in [2.24, 2.45) is 0 Å². The molecule has 0 spiro atoms. The van der Waals surface area contributed by atoms with Crippen LogP contribution in [0.1, 0.15) is 29.6 Å². The Morgan fingerprint density at radius 3 is 2.69 bits per heavy atom. The summed E-state index contributed by atoms with van der Waals surface area (Å²) in [4.78, 5) is 19.3. The van der Waals surface area contributed by atoms with Crippen LogP contribution in [0.4, 0.5) is 5.82 Å². The molecule has 3 saturated heterocycles. The molecule has 152 valence electrons. The zero-order chi connectivity index (χ0) is 19.6. The predicted molar refractivity (Wildman–Crippen MR) is 110 cm³/mol. The third-order valence-corrected chi connectivity index (χ3v) is 6.00. The first-order valence-corrected chi connectivity index (χ1v) is 10.4. The van der Waals surface area contributed by atoms with Crippen molar-refractivity contribution in [1.29, 1.82) is 0 Å². The van der Waals surface area contributed by atoms with Gasteiger partial charge in [0, 0.05) is 42.8 Å². The van der Waals surface area contributed by atoms with Gasteiger partial charge in [0.2, 0.25) is 5.88 Å². The van der Waals surface area contributed by atoms with E-state index in [1.165, 1.54) is 6.42 Å². The van der Waals surface area contributed by atoms with Gasteiger partial charge in [-0.2, -0.15) is 4.98 Å². The molecule has 3 atom stereocenters. The standard InChI is InChI=1S/C22H26N4O3/c27-22(24-19-14-16-6-9-18(19)23-16)15-4-7-17(8-5-15)29-21-3-1-2-20(25-21)26-10-12-28-13-11-26/h1-5,7-8,16,18-19,23H,6,9-14H2,(H,24,27)/t16-,18+,19-/m1/s1. The highest BCUT2D eigenvalue weighted by Gasteiger charge is 2.39. The van der Waals surface area contributed by atoms with Crippen LogP contribution < -0.4 is 20.3 Å². The van der Waals surface area contributed by atoms with E-state index in [0.717, 1.165) is 31.7 Å². The molecule has 2 N–H and O–H groups in total. The molecular weight excluding hydrogens is 368 g/mol. The summed E-state index contributed by atoms with van der Waals surface area (Å²) in [6.45, 7) is 3.10. The minimum Gasteiger partial charge on any atom is -0.439 e. The Bertz CT molecular complexity index is 867. The Hall–Kier alpha value is -2.64. The van der Waals surface area contributed by atoms with Crippen molar-refractivity contribution >= 4 is 11.7 Å². The van der Waals surface area contributed by atoms with Gasteiger partial charge in [0.15, 0.2) is 0 Å². The molecule has 7 heteroatoms. The number of carbonyl (C=O) groups is 1. The number of nitrogens with one attached hydrogen (secondary N) is 2. The van der Waals surface area contributed by atoms with Crippen LogP contribution in [0.5, 0.6) is 11.6 Å². The molecule has 0 unspecified atom stereocenters. The minimum atomic E-state index is -0.0247. The monoisotopic (exact) mass is 394 g/mol. The second-order valence-corrected chi connectivity index (χ2v) is 7.92. The van der Waals surface area contributed by atoms with Crippen LogP contribution in [0.2, 0.25) is 0 Å². The van der Waals surface area contributed by atoms with Crippen LogP contribution in [0.15, 0.2) is 42.5 Å². The van der Waals surface area contributed by atoms with Gasteiger partial charge in [-0.1, -0.05) is 6.07 Å². The van der Waals surface area contributed by atoms with Gasteiger partial charge in [0.25, 0.3) is 5.91 Å². The van der Waals surface area contributed by atoms with E-state index in [1.807, 2.05) is 30.3 Å². The molecule has 3 aliphatic heterocycles. The fraction of sp³-hybridized carbons (Fsp3) is 0.455. The highest BCUT2D eigenvalue weighted by molar-refractivity contribution is 5.94. The number of pyridine rings is 1. The first kappa shape index (κ1) is 18.4. The van der Waals surface area contributed by atoms with E-state index in [0.29, 0.717) is 42.5 Å². The molecule has 2 aromatic rings. The Morgan fingerprint density at radius 2 is 1.97 bits per heavy atom. The maximum absolute atomic E-state index is 12.6. The molecule has 0 aliphatic carbocycles. The summed E-state index contributed by atoms with van der Waals surface area (Å²) in [6, 6.07) is 14.2. The summed E-state index contributed by atoms with van der Waals surface area (Å²) >= 11 is 0. The van der Waals surface area contributed by atoms with Crippen molar-refractivity contribution in [3.63, 3.8) is 0 Å². The fourth-order valence-corrected chi connectivity index (χ4v) is 4.46. The van der Waals surface area contributed by atoms with E-state index >= 15 is 0 Å². The Labute approximate surface area is 170 Å². The van der Waals surface area contributed by atoms with Gasteiger partial charge in [0.1, 0.15) is 11.6 Å². The molecule has 29 heavy (non-hydrogen) atoms. The van der Waals surface area contributed by atoms with Gasteiger partial charge in [-0.15, -0.1) is 0 Å². The van der Waals surface area contributed by atoms with Crippen molar-refractivity contribution in [2.45, 2.75) is 37.4 Å². The molecule has 1 aromatic carbocycles. The minimum absolute atomic E-state index is 0.0247. The van der Waals surface area contributed by atoms with Gasteiger partial charge in [0.05, 0.1) is 13.2 Å². The molecule has 3 fully saturated rings. The van der Waals surface area contributed by atoms with Crippen molar-refractivity contribution < 1.29 is 14.3 Å². The first-order chi connectivity index (χ1) is 14.2. The normalized spacial score (nSPS) is 25.8. The van der Waals surface area contributed by atoms with Crippen LogP contribution in [0.3, 0.4) is 0 Å². The van der Waals surface area contributed by atoms with E-state index in [9.17, 15) is 4.79 Å². The Kier molecular flexibility index (Phi) is 5.08. The SMILES string of the molecule is O=C(N[C@@H]1C[C@H]2CC[C@@H]1N2)c1ccc(Oc2cccc(N3CCOCC3)n2)cc1. The maximum atomic E-state index is 12.6. The Morgan fingerprint density at radius 1 is 1.14 bits per heavy atom. The third-order valence-electron chi connectivity index (χ3n) is 6.00. The molecule has 7 nitrogen and oxygen atoms in total. The molecule has 3 aliphatic rings. The molecule has 1 aromatic heterocycles. The van der Waals surface area contributed by atoms with Crippen LogP contribution >= 0.6 is 0 Å². The fourth-order valence-electron chi connectivity index (χ4n) is 4.46. The van der Waals surface area contributed by atoms with E-state index in [4.69, 9.17) is 9.47 Å². The first-order valence-electron chi connectivity index (χ1n) is 10.4. The molecule has 1 amide bonds. The molecule has 4 heterocycles. The number of rotatable bonds is 5. The molecular formula is C22H26N4O3. The number of fused-ring (bicyclic) bond motifs is 2. The van der Waals surface area contributed by atoms with Crippen LogP contribution in [-0.4, -0.2) is 55.3 Å². The van der Waals surface area contributed by atoms with E-state index in [-0.39, 0.29) is 11.9 Å². The quantitative estimate of drug-likeness (QED) is 0.811. The van der Waals surface area contributed by atoms with Crippen molar-refractivity contribution in [1.82, 2.24) is 15.6 Å². The lowest BCUT2D eigenvalue weighted by Crippen LogP contribution is -2.42. The second kappa shape index (κ2) is 8.00. The lowest BCUT2D eigenvalue weighted by atomic mass is 9.95. The van der Waals surface area contributed by atoms with Crippen LogP contribution in [-0.2, 0) is 4.74 Å². The van der Waals surface area contributed by atoms with E-state index in [1.54, 1.807) is 12.1 Å². The number of aromatic nitrogens is 1. The lowest BCUT2D eigenvalue weighted by Gasteiger charge is -2.27. The largest absolute Gasteiger partial charge is 0.439 e. The number of nitrogens with zero attached hydrogens (tertiary/aromatic N) is 2. The van der Waals surface area contributed by atoms with Crippen LogP contribution in [0, 0.1) is 0 Å². The lowest BCUT2D eigenvalue weighted by molar-refractivity contribution is 0.0931. The van der Waals surface area contributed by atoms with Crippen molar-refractivity contribution in [3.05, 3.63) is 48.0 Å². The average molecular weight is 394 g/mol. The highest BCUT2D eigenvalue weighted by Crippen LogP contribution is 2.28. The third kappa shape index (κ3) is 4.06. The van der Waals surface area contributed by atoms with Crippen LogP contribution in [0.25, 0.3) is 0 Å². The van der Waals surface area contributed by atoms with Crippen molar-refractivity contribution in [2.75, 3.05) is 31.2 Å². The van der Waals surface area contributed by atoms with Gasteiger partial charge in [-0.25, -0.2) is 0 Å². The average Bonchev–Trinajstić information content (AvgIpc) is 3.38. The summed E-state index contributed by atoms with van der Waals surface area (Å²) in [5, 5.41) is 6.72. The summed E-state index contributed by atoms with van der Waals surface area (Å²) < 4.78 is 11.3. The molecule has 0 radical (unpaired) electrons. The number of ether oxygens (including phenoxy) is 2. The van der Waals surface area contributed by atoms with Gasteiger partial charge < -0.3 is 25.0 Å². The number of hydrogen-bond acceptors (Lipinski definition) is 6. The number of benzene rings is 1. The zero-order valence-corrected chi connectivity index (χ0v) is 16.3. The summed E-state index contributed by atoms with van der Waals surface area (Å²) in [7, 11) is 0. The summed E-state index contributed by atoms with van der Waals surface area (Å²) in [6.07, 6.45) is 3.41. The maximum Gasteiger partial charge on any atom is 0.251 e. The second-order valence-electron chi connectivity index (χ2n) is 7.92. The van der Waals surface area contributed by atoms with E-state index < -0.39 is 0 Å². The van der Waals surface area contributed by atoms with Gasteiger partial charge in [-0.05, 0) is 49.6 Å². The smallest absolute Gasteiger partial charge is 0.251 e. The number of hydrogen-bond donors (Lipinski definition) is 2. The van der Waals surface area contributed by atoms with E-state index in [2.05, 4.69) is 20.5 Å². The predicted octanol–water partition coefficient (Wildman–Crippen LogP) is 2.33. The number of anilines is 1. The summed E-state index contributed by atoms with van der Waals surface area (Å²) in [5.74, 6) is 2.07. The molecule has 2 bridgehead atoms. The Balaban J connectivity index is 1.21. The highest BCUT2D eigenvalue weighted by atomic mass is 16.5. The zero-order valence-electron chi connectivity index (χ0n) is 16.3. The van der Waals surface area contributed by atoms with Gasteiger partial charge in [-0.3, -0.25) is 4.79 Å². The topological polar surface area (TPSA) is 75.7 Å². The number of morpholine rings is 1. The summed E-state index contributed by atoms with van der Waals surface area (Å²) in [5.41, 5.74) is 0.648. The van der Waals surface area contributed by atoms with Gasteiger partial charge >= 0.3 is 0 Å². The molecule has 0 saturated carbocycles. The number of carbonyl (C=O) groups excluding carboxylic acids is 1. The molecule has 5 rings (SSSR count).